The standard InChI is InChI=1S/C15H16FN/c1-11(2)13-7-12(8-14(16)9-13)5-6-15(3,4)10-17/h7-9,11H,1-4H3. The molecular formula is C15H16FN. The van der Waals surface area contributed by atoms with E-state index in [4.69, 9.17) is 5.26 Å². The number of rotatable bonds is 1. The fourth-order valence-electron chi connectivity index (χ4n) is 1.27. The smallest absolute Gasteiger partial charge is 0.124 e. The van der Waals surface area contributed by atoms with E-state index in [1.54, 1.807) is 13.8 Å². The van der Waals surface area contributed by atoms with Crippen molar-refractivity contribution in [3.63, 3.8) is 0 Å². The molecule has 0 unspecified atom stereocenters. The summed E-state index contributed by atoms with van der Waals surface area (Å²) in [5, 5.41) is 8.84. The van der Waals surface area contributed by atoms with Crippen LogP contribution < -0.4 is 0 Å². The van der Waals surface area contributed by atoms with E-state index in [1.165, 1.54) is 12.1 Å². The maximum absolute atomic E-state index is 13.4. The van der Waals surface area contributed by atoms with Gasteiger partial charge in [0.05, 0.1) is 6.07 Å². The first kappa shape index (κ1) is 13.3. The van der Waals surface area contributed by atoms with Crippen molar-refractivity contribution in [1.82, 2.24) is 0 Å². The highest BCUT2D eigenvalue weighted by molar-refractivity contribution is 5.40. The van der Waals surface area contributed by atoms with Crippen molar-refractivity contribution in [1.29, 1.82) is 5.26 Å². The van der Waals surface area contributed by atoms with Gasteiger partial charge in [0, 0.05) is 5.56 Å². The molecule has 17 heavy (non-hydrogen) atoms. The van der Waals surface area contributed by atoms with Crippen LogP contribution in [0.1, 0.15) is 44.7 Å². The molecule has 1 rings (SSSR count). The van der Waals surface area contributed by atoms with Crippen molar-refractivity contribution in [2.45, 2.75) is 33.6 Å². The summed E-state index contributed by atoms with van der Waals surface area (Å²) < 4.78 is 13.4. The van der Waals surface area contributed by atoms with Crippen LogP contribution in [0.15, 0.2) is 18.2 Å². The topological polar surface area (TPSA) is 23.8 Å². The van der Waals surface area contributed by atoms with Crippen LogP contribution in [0, 0.1) is 34.4 Å². The lowest BCUT2D eigenvalue weighted by atomic mass is 9.95. The summed E-state index contributed by atoms with van der Waals surface area (Å²) in [6.45, 7) is 7.49. The second kappa shape index (κ2) is 5.02. The SMILES string of the molecule is CC(C)c1cc(F)cc(C#CC(C)(C)C#N)c1. The van der Waals surface area contributed by atoms with E-state index in [0.29, 0.717) is 5.56 Å². The number of hydrogen-bond donors (Lipinski definition) is 0. The van der Waals surface area contributed by atoms with E-state index in [1.807, 2.05) is 19.9 Å². The Morgan fingerprint density at radius 2 is 1.88 bits per heavy atom. The van der Waals surface area contributed by atoms with Gasteiger partial charge in [0.2, 0.25) is 0 Å². The Hall–Kier alpha value is -1.80. The van der Waals surface area contributed by atoms with Crippen molar-refractivity contribution < 1.29 is 4.39 Å². The summed E-state index contributed by atoms with van der Waals surface area (Å²) in [7, 11) is 0. The quantitative estimate of drug-likeness (QED) is 0.671. The third-order valence-electron chi connectivity index (χ3n) is 2.39. The molecule has 0 N–H and O–H groups in total. The molecule has 0 amide bonds. The van der Waals surface area contributed by atoms with Gasteiger partial charge in [0.25, 0.3) is 0 Å². The Kier molecular flexibility index (Phi) is 3.92. The minimum atomic E-state index is -0.704. The second-order valence-corrected chi connectivity index (χ2v) is 4.91. The Labute approximate surface area is 102 Å². The van der Waals surface area contributed by atoms with Gasteiger partial charge in [-0.15, -0.1) is 0 Å². The molecule has 0 atom stereocenters. The molecule has 0 bridgehead atoms. The van der Waals surface area contributed by atoms with E-state index in [0.717, 1.165) is 5.56 Å². The predicted molar refractivity (Wildman–Crippen MR) is 66.8 cm³/mol. The third-order valence-corrected chi connectivity index (χ3v) is 2.39. The highest BCUT2D eigenvalue weighted by Gasteiger charge is 2.11. The van der Waals surface area contributed by atoms with Crippen molar-refractivity contribution in [2.24, 2.45) is 5.41 Å². The van der Waals surface area contributed by atoms with Crippen molar-refractivity contribution in [3.8, 4) is 17.9 Å². The van der Waals surface area contributed by atoms with E-state index in [-0.39, 0.29) is 11.7 Å². The van der Waals surface area contributed by atoms with Gasteiger partial charge in [-0.2, -0.15) is 5.26 Å². The van der Waals surface area contributed by atoms with Crippen molar-refractivity contribution in [2.75, 3.05) is 0 Å². The number of hydrogen-bond acceptors (Lipinski definition) is 1. The zero-order valence-corrected chi connectivity index (χ0v) is 10.6. The third kappa shape index (κ3) is 3.93. The largest absolute Gasteiger partial charge is 0.207 e. The molecule has 0 saturated heterocycles. The molecule has 0 aromatic heterocycles. The van der Waals surface area contributed by atoms with Crippen LogP contribution in [0.2, 0.25) is 0 Å². The summed E-state index contributed by atoms with van der Waals surface area (Å²) in [5.41, 5.74) is 0.839. The normalized spacial score (nSPS) is 10.6. The molecule has 1 aromatic carbocycles. The van der Waals surface area contributed by atoms with Gasteiger partial charge in [-0.25, -0.2) is 4.39 Å². The van der Waals surface area contributed by atoms with Crippen LogP contribution in [0.4, 0.5) is 4.39 Å². The lowest BCUT2D eigenvalue weighted by Gasteiger charge is -2.07. The first-order valence-corrected chi connectivity index (χ1v) is 5.59. The van der Waals surface area contributed by atoms with Gasteiger partial charge in [0.1, 0.15) is 11.2 Å². The van der Waals surface area contributed by atoms with Crippen LogP contribution in [0.25, 0.3) is 0 Å². The van der Waals surface area contributed by atoms with Crippen LogP contribution in [0.5, 0.6) is 0 Å². The molecular weight excluding hydrogens is 213 g/mol. The fourth-order valence-corrected chi connectivity index (χ4v) is 1.27. The predicted octanol–water partition coefficient (Wildman–Crippen LogP) is 3.85. The van der Waals surface area contributed by atoms with E-state index >= 15 is 0 Å². The van der Waals surface area contributed by atoms with Crippen LogP contribution >= 0.6 is 0 Å². The Bertz CT molecular complexity index is 510. The van der Waals surface area contributed by atoms with Crippen molar-refractivity contribution >= 4 is 0 Å². The summed E-state index contributed by atoms with van der Waals surface area (Å²) in [4.78, 5) is 0. The number of nitrogens with zero attached hydrogens (tertiary/aromatic N) is 1. The average Bonchev–Trinajstić information content (AvgIpc) is 2.26. The van der Waals surface area contributed by atoms with E-state index in [2.05, 4.69) is 17.9 Å². The zero-order chi connectivity index (χ0) is 13.1. The van der Waals surface area contributed by atoms with E-state index < -0.39 is 5.41 Å². The molecule has 2 heteroatoms. The van der Waals surface area contributed by atoms with Gasteiger partial charge < -0.3 is 0 Å². The molecule has 88 valence electrons. The van der Waals surface area contributed by atoms with Crippen LogP contribution in [0.3, 0.4) is 0 Å². The number of halogens is 1. The summed E-state index contributed by atoms with van der Waals surface area (Å²) >= 11 is 0. The lowest BCUT2D eigenvalue weighted by molar-refractivity contribution is 0.622. The Morgan fingerprint density at radius 1 is 1.24 bits per heavy atom. The molecule has 1 nitrogen and oxygen atoms in total. The Morgan fingerprint density at radius 3 is 2.41 bits per heavy atom. The molecule has 0 saturated carbocycles. The van der Waals surface area contributed by atoms with Gasteiger partial charge in [-0.1, -0.05) is 25.7 Å². The minimum absolute atomic E-state index is 0.259. The van der Waals surface area contributed by atoms with Gasteiger partial charge in [0.15, 0.2) is 0 Å². The fraction of sp³-hybridized carbons (Fsp3) is 0.400. The molecule has 0 heterocycles. The van der Waals surface area contributed by atoms with Gasteiger partial charge in [-0.3, -0.25) is 0 Å². The number of nitriles is 1. The minimum Gasteiger partial charge on any atom is -0.207 e. The molecule has 0 aliphatic heterocycles. The number of benzene rings is 1. The van der Waals surface area contributed by atoms with Gasteiger partial charge in [-0.05, 0) is 43.5 Å². The second-order valence-electron chi connectivity index (χ2n) is 4.91. The summed E-state index contributed by atoms with van der Waals surface area (Å²) in [6, 6.07) is 6.88. The van der Waals surface area contributed by atoms with Crippen molar-refractivity contribution in [3.05, 3.63) is 35.1 Å². The summed E-state index contributed by atoms with van der Waals surface area (Å²) in [5.74, 6) is 5.68. The maximum atomic E-state index is 13.4. The average molecular weight is 229 g/mol. The van der Waals surface area contributed by atoms with Crippen LogP contribution in [-0.4, -0.2) is 0 Å². The lowest BCUT2D eigenvalue weighted by Crippen LogP contribution is -2.03. The molecule has 0 spiro atoms. The molecule has 0 aliphatic rings. The maximum Gasteiger partial charge on any atom is 0.124 e. The zero-order valence-electron chi connectivity index (χ0n) is 10.6. The molecule has 0 radical (unpaired) electrons. The first-order valence-electron chi connectivity index (χ1n) is 5.59. The highest BCUT2D eigenvalue weighted by atomic mass is 19.1. The highest BCUT2D eigenvalue weighted by Crippen LogP contribution is 2.18. The van der Waals surface area contributed by atoms with E-state index in [9.17, 15) is 4.39 Å². The molecule has 0 fully saturated rings. The Balaban J connectivity index is 3.13. The monoisotopic (exact) mass is 229 g/mol. The van der Waals surface area contributed by atoms with Crippen LogP contribution in [-0.2, 0) is 0 Å². The summed E-state index contributed by atoms with van der Waals surface area (Å²) in [6.07, 6.45) is 0. The molecule has 0 aliphatic carbocycles. The van der Waals surface area contributed by atoms with Gasteiger partial charge >= 0.3 is 0 Å². The molecule has 1 aromatic rings. The first-order chi connectivity index (χ1) is 7.84.